The summed E-state index contributed by atoms with van der Waals surface area (Å²) >= 11 is 3.62. The van der Waals surface area contributed by atoms with Crippen LogP contribution in [0.25, 0.3) is 0 Å². The zero-order chi connectivity index (χ0) is 14.3. The average molecular weight is 339 g/mol. The van der Waals surface area contributed by atoms with Crippen LogP contribution in [0.2, 0.25) is 0 Å². The Morgan fingerprint density at radius 2 is 2.05 bits per heavy atom. The molecule has 20 heavy (non-hydrogen) atoms. The van der Waals surface area contributed by atoms with Crippen LogP contribution in [-0.4, -0.2) is 43.5 Å². The number of carbonyl (C=O) groups excluding carboxylic acids is 1. The van der Waals surface area contributed by atoms with Gasteiger partial charge in [-0.05, 0) is 34.6 Å². The van der Waals surface area contributed by atoms with E-state index in [0.717, 1.165) is 54.1 Å². The van der Waals surface area contributed by atoms with Crippen LogP contribution in [0, 0.1) is 0 Å². The van der Waals surface area contributed by atoms with Gasteiger partial charge in [0, 0.05) is 41.9 Å². The molecule has 2 aliphatic rings. The summed E-state index contributed by atoms with van der Waals surface area (Å²) in [6.07, 6.45) is 0. The second-order valence-corrected chi connectivity index (χ2v) is 6.13. The molecule has 1 unspecified atom stereocenters. The van der Waals surface area contributed by atoms with Gasteiger partial charge in [0.1, 0.15) is 6.04 Å². The van der Waals surface area contributed by atoms with E-state index in [-0.39, 0.29) is 5.91 Å². The van der Waals surface area contributed by atoms with Gasteiger partial charge in [-0.2, -0.15) is 0 Å². The molecule has 1 saturated heterocycles. The topological polar surface area (TPSA) is 61.6 Å². The van der Waals surface area contributed by atoms with E-state index in [0.29, 0.717) is 0 Å². The number of nitrogens with two attached hydrogens (primary N) is 1. The number of rotatable bonds is 2. The number of carbonyl (C=O) groups is 1. The molecule has 0 saturated carbocycles. The molecule has 108 valence electrons. The summed E-state index contributed by atoms with van der Waals surface area (Å²) in [6, 6.07) is 3.46. The Morgan fingerprint density at radius 1 is 1.35 bits per heavy atom. The molecule has 0 aromatic heterocycles. The Kier molecular flexibility index (Phi) is 3.70. The molecule has 0 bridgehead atoms. The molecular formula is C14H19BrN4O. The first-order valence-corrected chi connectivity index (χ1v) is 7.76. The molecule has 1 aromatic carbocycles. The van der Waals surface area contributed by atoms with E-state index in [1.807, 2.05) is 12.1 Å². The monoisotopic (exact) mass is 338 g/mol. The van der Waals surface area contributed by atoms with Gasteiger partial charge < -0.3 is 20.9 Å². The SMILES string of the molecule is CCN1CCN(c2cc3c(cc2Br)C(N)C(=O)N3)CC1. The summed E-state index contributed by atoms with van der Waals surface area (Å²) in [4.78, 5) is 16.4. The average Bonchev–Trinajstić information content (AvgIpc) is 2.74. The zero-order valence-electron chi connectivity index (χ0n) is 11.5. The lowest BCUT2D eigenvalue weighted by atomic mass is 10.1. The van der Waals surface area contributed by atoms with Crippen molar-refractivity contribution >= 4 is 33.2 Å². The van der Waals surface area contributed by atoms with Crippen molar-refractivity contribution in [1.29, 1.82) is 0 Å². The minimum absolute atomic E-state index is 0.125. The molecule has 2 aliphatic heterocycles. The smallest absolute Gasteiger partial charge is 0.245 e. The number of likely N-dealkylation sites (N-methyl/N-ethyl adjacent to an activating group) is 1. The van der Waals surface area contributed by atoms with E-state index in [1.165, 1.54) is 0 Å². The molecular weight excluding hydrogens is 320 g/mol. The number of piperazine rings is 1. The predicted octanol–water partition coefficient (Wildman–Crippen LogP) is 1.54. The minimum atomic E-state index is -0.549. The van der Waals surface area contributed by atoms with E-state index in [9.17, 15) is 4.79 Å². The second-order valence-electron chi connectivity index (χ2n) is 5.28. The first kappa shape index (κ1) is 13.9. The van der Waals surface area contributed by atoms with Gasteiger partial charge in [-0.3, -0.25) is 4.79 Å². The lowest BCUT2D eigenvalue weighted by molar-refractivity contribution is -0.116. The fourth-order valence-corrected chi connectivity index (χ4v) is 3.45. The van der Waals surface area contributed by atoms with Crippen molar-refractivity contribution in [3.05, 3.63) is 22.2 Å². The highest BCUT2D eigenvalue weighted by Gasteiger charge is 2.29. The minimum Gasteiger partial charge on any atom is -0.368 e. The third-order valence-corrected chi connectivity index (χ3v) is 4.79. The molecule has 2 heterocycles. The van der Waals surface area contributed by atoms with Crippen molar-refractivity contribution in [3.63, 3.8) is 0 Å². The standard InChI is InChI=1S/C14H19BrN4O/c1-2-18-3-5-19(6-4-18)12-8-11-9(7-10(12)15)13(16)14(20)17-11/h7-8,13H,2-6,16H2,1H3,(H,17,20). The van der Waals surface area contributed by atoms with E-state index in [4.69, 9.17) is 5.73 Å². The Bertz CT molecular complexity index is 540. The van der Waals surface area contributed by atoms with Gasteiger partial charge in [0.25, 0.3) is 0 Å². The first-order chi connectivity index (χ1) is 9.60. The van der Waals surface area contributed by atoms with Crippen LogP contribution in [0.15, 0.2) is 16.6 Å². The van der Waals surface area contributed by atoms with Gasteiger partial charge in [-0.25, -0.2) is 0 Å². The van der Waals surface area contributed by atoms with Gasteiger partial charge in [-0.1, -0.05) is 6.92 Å². The summed E-state index contributed by atoms with van der Waals surface area (Å²) < 4.78 is 1.01. The lowest BCUT2D eigenvalue weighted by Gasteiger charge is -2.36. The number of benzene rings is 1. The molecule has 1 aromatic rings. The van der Waals surface area contributed by atoms with Crippen LogP contribution in [0.3, 0.4) is 0 Å². The van der Waals surface area contributed by atoms with E-state index < -0.39 is 6.04 Å². The number of halogens is 1. The number of nitrogens with one attached hydrogen (secondary N) is 1. The largest absolute Gasteiger partial charge is 0.368 e. The maximum absolute atomic E-state index is 11.6. The molecule has 1 atom stereocenters. The van der Waals surface area contributed by atoms with E-state index in [2.05, 4.69) is 38.0 Å². The fraction of sp³-hybridized carbons (Fsp3) is 0.500. The van der Waals surface area contributed by atoms with Gasteiger partial charge in [-0.15, -0.1) is 0 Å². The number of fused-ring (bicyclic) bond motifs is 1. The highest BCUT2D eigenvalue weighted by molar-refractivity contribution is 9.10. The summed E-state index contributed by atoms with van der Waals surface area (Å²) in [5.74, 6) is -0.125. The van der Waals surface area contributed by atoms with Gasteiger partial charge in [0.05, 0.1) is 5.69 Å². The predicted molar refractivity (Wildman–Crippen MR) is 84.0 cm³/mol. The maximum atomic E-state index is 11.6. The van der Waals surface area contributed by atoms with Gasteiger partial charge >= 0.3 is 0 Å². The van der Waals surface area contributed by atoms with Crippen molar-refractivity contribution in [3.8, 4) is 0 Å². The first-order valence-electron chi connectivity index (χ1n) is 6.97. The summed E-state index contributed by atoms with van der Waals surface area (Å²) in [5, 5.41) is 2.85. The van der Waals surface area contributed by atoms with Crippen molar-refractivity contribution in [2.24, 2.45) is 5.73 Å². The lowest BCUT2D eigenvalue weighted by Crippen LogP contribution is -2.46. The van der Waals surface area contributed by atoms with Crippen molar-refractivity contribution in [2.75, 3.05) is 42.9 Å². The van der Waals surface area contributed by atoms with Crippen LogP contribution in [0.4, 0.5) is 11.4 Å². The highest BCUT2D eigenvalue weighted by atomic mass is 79.9. The maximum Gasteiger partial charge on any atom is 0.245 e. The van der Waals surface area contributed by atoms with Crippen LogP contribution in [-0.2, 0) is 4.79 Å². The number of anilines is 2. The van der Waals surface area contributed by atoms with Crippen LogP contribution >= 0.6 is 15.9 Å². The second kappa shape index (κ2) is 5.35. The van der Waals surface area contributed by atoms with Gasteiger partial charge in [0.15, 0.2) is 0 Å². The van der Waals surface area contributed by atoms with Crippen LogP contribution < -0.4 is 16.0 Å². The number of hydrogen-bond acceptors (Lipinski definition) is 4. The molecule has 3 N–H and O–H groups in total. The third kappa shape index (κ3) is 2.32. The number of amides is 1. The molecule has 6 heteroatoms. The Balaban J connectivity index is 1.85. The van der Waals surface area contributed by atoms with Crippen molar-refractivity contribution in [2.45, 2.75) is 13.0 Å². The quantitative estimate of drug-likeness (QED) is 0.858. The number of nitrogens with zero attached hydrogens (tertiary/aromatic N) is 2. The van der Waals surface area contributed by atoms with Crippen LogP contribution in [0.5, 0.6) is 0 Å². The molecule has 1 amide bonds. The van der Waals surface area contributed by atoms with Crippen LogP contribution in [0.1, 0.15) is 18.5 Å². The summed E-state index contributed by atoms with van der Waals surface area (Å²) in [7, 11) is 0. The molecule has 1 fully saturated rings. The molecule has 3 rings (SSSR count). The van der Waals surface area contributed by atoms with Gasteiger partial charge in [0.2, 0.25) is 5.91 Å². The Morgan fingerprint density at radius 3 is 2.70 bits per heavy atom. The molecule has 0 spiro atoms. The van der Waals surface area contributed by atoms with E-state index in [1.54, 1.807) is 0 Å². The van der Waals surface area contributed by atoms with Crippen molar-refractivity contribution < 1.29 is 4.79 Å². The van der Waals surface area contributed by atoms with E-state index >= 15 is 0 Å². The third-order valence-electron chi connectivity index (χ3n) is 4.15. The zero-order valence-corrected chi connectivity index (χ0v) is 13.1. The molecule has 0 radical (unpaired) electrons. The Labute approximate surface area is 127 Å². The molecule has 0 aliphatic carbocycles. The summed E-state index contributed by atoms with van der Waals surface area (Å²) in [5.41, 5.74) is 8.72. The normalized spacial score (nSPS) is 22.9. The Hall–Kier alpha value is -1.11. The summed E-state index contributed by atoms with van der Waals surface area (Å²) in [6.45, 7) is 7.45. The number of hydrogen-bond donors (Lipinski definition) is 2. The van der Waals surface area contributed by atoms with Crippen molar-refractivity contribution in [1.82, 2.24) is 4.90 Å². The highest BCUT2D eigenvalue weighted by Crippen LogP contribution is 2.38. The fourth-order valence-electron chi connectivity index (χ4n) is 2.84. The molecule has 5 nitrogen and oxygen atoms in total.